The van der Waals surface area contributed by atoms with Crippen LogP contribution in [-0.4, -0.2) is 17.3 Å². The lowest BCUT2D eigenvalue weighted by molar-refractivity contribution is 0.0982. The van der Waals surface area contributed by atoms with Crippen molar-refractivity contribution < 1.29 is 9.59 Å². The van der Waals surface area contributed by atoms with E-state index in [9.17, 15) is 9.59 Å². The molecule has 2 aliphatic rings. The Morgan fingerprint density at radius 3 is 2.35 bits per heavy atom. The van der Waals surface area contributed by atoms with Crippen LogP contribution in [0.1, 0.15) is 27.1 Å². The van der Waals surface area contributed by atoms with E-state index in [0.717, 1.165) is 0 Å². The summed E-state index contributed by atoms with van der Waals surface area (Å²) < 4.78 is 0. The zero-order valence-electron chi connectivity index (χ0n) is 8.99. The molecule has 0 aromatic heterocycles. The van der Waals surface area contributed by atoms with Crippen molar-refractivity contribution in [3.05, 3.63) is 58.7 Å². The first-order chi connectivity index (χ1) is 8.20. The standard InChI is InChI=1S/C14H9NO2/c15-11-7-3-6-10-12(11)14(17)9-5-2-1-4-8(9)13(10)16/h1-6,15H,7H2. The molecule has 1 N–H and O–H groups in total. The fraction of sp³-hybridized carbons (Fsp3) is 0.0714. The van der Waals surface area contributed by atoms with E-state index < -0.39 is 0 Å². The van der Waals surface area contributed by atoms with Gasteiger partial charge < -0.3 is 5.41 Å². The molecular formula is C14H9NO2. The Morgan fingerprint density at radius 2 is 1.65 bits per heavy atom. The van der Waals surface area contributed by atoms with Gasteiger partial charge in [0, 0.05) is 28.8 Å². The molecule has 3 rings (SSSR count). The zero-order chi connectivity index (χ0) is 12.0. The largest absolute Gasteiger partial charge is 0.304 e. The third-order valence-corrected chi connectivity index (χ3v) is 3.07. The normalized spacial score (nSPS) is 18.2. The number of nitrogens with one attached hydrogen (secondary N) is 1. The Bertz CT molecular complexity index is 635. The van der Waals surface area contributed by atoms with Crippen LogP contribution in [0.15, 0.2) is 47.6 Å². The van der Waals surface area contributed by atoms with Gasteiger partial charge in [0.1, 0.15) is 0 Å². The number of ketones is 2. The molecular weight excluding hydrogens is 214 g/mol. The second kappa shape index (κ2) is 3.35. The molecule has 0 heterocycles. The summed E-state index contributed by atoms with van der Waals surface area (Å²) in [5.41, 5.74) is 1.73. The second-order valence-electron chi connectivity index (χ2n) is 4.08. The second-order valence-corrected chi connectivity index (χ2v) is 4.08. The Kier molecular flexibility index (Phi) is 1.95. The maximum atomic E-state index is 12.2. The van der Waals surface area contributed by atoms with E-state index in [4.69, 9.17) is 5.41 Å². The average molecular weight is 223 g/mol. The first-order valence-corrected chi connectivity index (χ1v) is 5.37. The number of benzene rings is 1. The lowest BCUT2D eigenvalue weighted by atomic mass is 9.79. The van der Waals surface area contributed by atoms with Crippen LogP contribution >= 0.6 is 0 Å². The van der Waals surface area contributed by atoms with Gasteiger partial charge in [-0.15, -0.1) is 0 Å². The lowest BCUT2D eigenvalue weighted by Gasteiger charge is -2.21. The van der Waals surface area contributed by atoms with Crippen LogP contribution in [0.25, 0.3) is 0 Å². The number of hydrogen-bond donors (Lipinski definition) is 1. The van der Waals surface area contributed by atoms with Crippen molar-refractivity contribution in [3.8, 4) is 0 Å². The quantitative estimate of drug-likeness (QED) is 0.733. The number of hydrogen-bond acceptors (Lipinski definition) is 3. The first kappa shape index (κ1) is 9.90. The third kappa shape index (κ3) is 1.25. The van der Waals surface area contributed by atoms with E-state index in [2.05, 4.69) is 0 Å². The van der Waals surface area contributed by atoms with Crippen molar-refractivity contribution in [2.45, 2.75) is 6.42 Å². The highest BCUT2D eigenvalue weighted by Gasteiger charge is 2.33. The Labute approximate surface area is 98.0 Å². The zero-order valence-corrected chi connectivity index (χ0v) is 8.99. The van der Waals surface area contributed by atoms with Crippen molar-refractivity contribution in [2.75, 3.05) is 0 Å². The Morgan fingerprint density at radius 1 is 1.00 bits per heavy atom. The highest BCUT2D eigenvalue weighted by Crippen LogP contribution is 2.30. The summed E-state index contributed by atoms with van der Waals surface area (Å²) in [4.78, 5) is 24.4. The summed E-state index contributed by atoms with van der Waals surface area (Å²) in [5, 5.41) is 7.79. The van der Waals surface area contributed by atoms with Crippen molar-refractivity contribution in [1.82, 2.24) is 0 Å². The summed E-state index contributed by atoms with van der Waals surface area (Å²) in [5.74, 6) is -0.361. The van der Waals surface area contributed by atoms with E-state index in [1.165, 1.54) is 0 Å². The van der Waals surface area contributed by atoms with Crippen molar-refractivity contribution >= 4 is 17.3 Å². The maximum absolute atomic E-state index is 12.2. The fourth-order valence-corrected chi connectivity index (χ4v) is 2.25. The molecule has 0 amide bonds. The van der Waals surface area contributed by atoms with Crippen LogP contribution < -0.4 is 0 Å². The van der Waals surface area contributed by atoms with Crippen molar-refractivity contribution in [2.24, 2.45) is 0 Å². The van der Waals surface area contributed by atoms with Gasteiger partial charge in [0.15, 0.2) is 11.6 Å². The van der Waals surface area contributed by atoms with Crippen LogP contribution in [0.5, 0.6) is 0 Å². The topological polar surface area (TPSA) is 58.0 Å². The van der Waals surface area contributed by atoms with Crippen LogP contribution in [0.2, 0.25) is 0 Å². The molecule has 17 heavy (non-hydrogen) atoms. The van der Waals surface area contributed by atoms with Crippen molar-refractivity contribution in [1.29, 1.82) is 5.41 Å². The molecule has 0 spiro atoms. The molecule has 0 aliphatic heterocycles. The van der Waals surface area contributed by atoms with Gasteiger partial charge in [-0.3, -0.25) is 9.59 Å². The summed E-state index contributed by atoms with van der Waals surface area (Å²) in [6, 6.07) is 6.78. The van der Waals surface area contributed by atoms with E-state index >= 15 is 0 Å². The Balaban J connectivity index is 2.31. The smallest absolute Gasteiger partial charge is 0.196 e. The molecule has 3 nitrogen and oxygen atoms in total. The molecule has 0 saturated carbocycles. The van der Waals surface area contributed by atoms with Crippen molar-refractivity contribution in [3.63, 3.8) is 0 Å². The fourth-order valence-electron chi connectivity index (χ4n) is 2.25. The maximum Gasteiger partial charge on any atom is 0.196 e. The number of rotatable bonds is 0. The van der Waals surface area contributed by atoms with Crippen LogP contribution in [0.3, 0.4) is 0 Å². The molecule has 0 unspecified atom stereocenters. The number of allylic oxidation sites excluding steroid dienone is 4. The molecule has 0 atom stereocenters. The monoisotopic (exact) mass is 223 g/mol. The molecule has 82 valence electrons. The van der Waals surface area contributed by atoms with Gasteiger partial charge in [0.25, 0.3) is 0 Å². The number of fused-ring (bicyclic) bond motifs is 1. The molecule has 0 radical (unpaired) electrons. The number of Topliss-reactive ketones (excluding diaryl/α,β-unsaturated/α-hetero) is 2. The molecule has 0 saturated heterocycles. The van der Waals surface area contributed by atoms with Gasteiger partial charge in [0.2, 0.25) is 0 Å². The molecule has 3 heteroatoms. The van der Waals surface area contributed by atoms with Gasteiger partial charge in [-0.05, 0) is 0 Å². The summed E-state index contributed by atoms with van der Waals surface area (Å²) in [7, 11) is 0. The number of carbonyl (C=O) groups is 2. The molecule has 0 fully saturated rings. The number of carbonyl (C=O) groups excluding carboxylic acids is 2. The van der Waals surface area contributed by atoms with E-state index in [-0.39, 0.29) is 22.9 Å². The van der Waals surface area contributed by atoms with Gasteiger partial charge in [-0.2, -0.15) is 0 Å². The van der Waals surface area contributed by atoms with E-state index in [1.54, 1.807) is 36.4 Å². The lowest BCUT2D eigenvalue weighted by Crippen LogP contribution is -2.26. The molecule has 1 aromatic rings. The van der Waals surface area contributed by atoms with Gasteiger partial charge in [-0.1, -0.05) is 36.4 Å². The predicted octanol–water partition coefficient (Wildman–Crippen LogP) is 2.34. The van der Waals surface area contributed by atoms with E-state index in [1.807, 2.05) is 0 Å². The summed E-state index contributed by atoms with van der Waals surface area (Å²) in [6.45, 7) is 0. The molecule has 0 bridgehead atoms. The van der Waals surface area contributed by atoms with Gasteiger partial charge in [-0.25, -0.2) is 0 Å². The SMILES string of the molecule is N=C1CC=CC2=C1C(=O)c1ccccc1C2=O. The highest BCUT2D eigenvalue weighted by molar-refractivity contribution is 6.38. The van der Waals surface area contributed by atoms with Gasteiger partial charge >= 0.3 is 0 Å². The first-order valence-electron chi connectivity index (χ1n) is 5.37. The Hall–Kier alpha value is -2.29. The minimum atomic E-state index is -0.204. The third-order valence-electron chi connectivity index (χ3n) is 3.07. The molecule has 2 aliphatic carbocycles. The van der Waals surface area contributed by atoms with Crippen LogP contribution in [0.4, 0.5) is 0 Å². The van der Waals surface area contributed by atoms with E-state index in [0.29, 0.717) is 23.1 Å². The van der Waals surface area contributed by atoms with Gasteiger partial charge in [0.05, 0.1) is 5.57 Å². The predicted molar refractivity (Wildman–Crippen MR) is 63.6 cm³/mol. The summed E-state index contributed by atoms with van der Waals surface area (Å²) >= 11 is 0. The highest BCUT2D eigenvalue weighted by atomic mass is 16.1. The van der Waals surface area contributed by atoms with Crippen LogP contribution in [-0.2, 0) is 0 Å². The van der Waals surface area contributed by atoms with Crippen LogP contribution in [0, 0.1) is 5.41 Å². The minimum Gasteiger partial charge on any atom is -0.304 e. The summed E-state index contributed by atoms with van der Waals surface area (Å²) in [6.07, 6.45) is 3.82. The molecule has 1 aromatic carbocycles. The average Bonchev–Trinajstić information content (AvgIpc) is 2.36. The minimum absolute atomic E-state index is 0.157.